The maximum atomic E-state index is 12.3. The number of hydrogen-bond donors (Lipinski definition) is 3. The Morgan fingerprint density at radius 3 is 2.58 bits per heavy atom. The third kappa shape index (κ3) is 4.94. The van der Waals surface area contributed by atoms with Gasteiger partial charge in [0.15, 0.2) is 0 Å². The van der Waals surface area contributed by atoms with Crippen LogP contribution in [-0.4, -0.2) is 33.5 Å². The van der Waals surface area contributed by atoms with Crippen LogP contribution in [0.3, 0.4) is 0 Å². The number of carbonyl (C=O) groups is 2. The number of carboxylic acids is 1. The van der Waals surface area contributed by atoms with Crippen LogP contribution in [0.2, 0.25) is 0 Å². The van der Waals surface area contributed by atoms with E-state index in [9.17, 15) is 19.7 Å². The molecule has 1 saturated carbocycles. The molecule has 1 aromatic rings. The van der Waals surface area contributed by atoms with Gasteiger partial charge in [0.1, 0.15) is 5.69 Å². The maximum Gasteiger partial charge on any atom is 0.303 e. The van der Waals surface area contributed by atoms with Gasteiger partial charge in [-0.3, -0.25) is 19.7 Å². The van der Waals surface area contributed by atoms with Crippen molar-refractivity contribution in [3.8, 4) is 0 Å². The molecule has 0 radical (unpaired) electrons. The maximum absolute atomic E-state index is 12.3. The van der Waals surface area contributed by atoms with Gasteiger partial charge in [0.25, 0.3) is 11.6 Å². The molecule has 8 heteroatoms. The summed E-state index contributed by atoms with van der Waals surface area (Å²) in [5, 5.41) is 25.8. The molecule has 1 amide bonds. The van der Waals surface area contributed by atoms with E-state index >= 15 is 0 Å². The van der Waals surface area contributed by atoms with Gasteiger partial charge in [0, 0.05) is 29.6 Å². The van der Waals surface area contributed by atoms with Gasteiger partial charge in [0.2, 0.25) is 0 Å². The summed E-state index contributed by atoms with van der Waals surface area (Å²) < 4.78 is 0. The second-order valence-electron chi connectivity index (χ2n) is 6.64. The lowest BCUT2D eigenvalue weighted by atomic mass is 9.97. The summed E-state index contributed by atoms with van der Waals surface area (Å²) in [6.07, 6.45) is 2.16. The van der Waals surface area contributed by atoms with E-state index < -0.39 is 22.3 Å². The topological polar surface area (TPSA) is 122 Å². The molecule has 0 bridgehead atoms. The van der Waals surface area contributed by atoms with Gasteiger partial charge in [-0.2, -0.15) is 0 Å². The highest BCUT2D eigenvalue weighted by atomic mass is 16.6. The lowest BCUT2D eigenvalue weighted by Crippen LogP contribution is -2.43. The Hall–Kier alpha value is -2.64. The van der Waals surface area contributed by atoms with E-state index in [2.05, 4.69) is 10.6 Å². The summed E-state index contributed by atoms with van der Waals surface area (Å²) in [5.41, 5.74) is -0.289. The van der Waals surface area contributed by atoms with Crippen molar-refractivity contribution in [1.82, 2.24) is 5.32 Å². The molecule has 1 aliphatic rings. The number of carboxylic acid groups (broad SMARTS) is 1. The van der Waals surface area contributed by atoms with E-state index in [-0.39, 0.29) is 30.1 Å². The predicted octanol–water partition coefficient (Wildman–Crippen LogP) is 2.54. The van der Waals surface area contributed by atoms with Gasteiger partial charge in [-0.15, -0.1) is 0 Å². The zero-order valence-corrected chi connectivity index (χ0v) is 13.7. The van der Waals surface area contributed by atoms with Crippen molar-refractivity contribution in [3.63, 3.8) is 0 Å². The van der Waals surface area contributed by atoms with Crippen LogP contribution in [0.15, 0.2) is 18.2 Å². The standard InChI is InChI=1S/C16H21N3O5/c1-16(2,8-7-14(20)21)18-15(22)10-3-6-12(17-11-4-5-11)13(9-10)19(23)24/h3,6,9,11,17H,4-5,7-8H2,1-2H3,(H,18,22)(H,20,21). The van der Waals surface area contributed by atoms with E-state index in [0.717, 1.165) is 12.8 Å². The number of nitrogens with one attached hydrogen (secondary N) is 2. The molecule has 0 saturated heterocycles. The molecule has 3 N–H and O–H groups in total. The largest absolute Gasteiger partial charge is 0.481 e. The van der Waals surface area contributed by atoms with Gasteiger partial charge in [-0.25, -0.2) is 0 Å². The second kappa shape index (κ2) is 6.86. The summed E-state index contributed by atoms with van der Waals surface area (Å²) in [5.74, 6) is -1.41. The van der Waals surface area contributed by atoms with Crippen molar-refractivity contribution in [3.05, 3.63) is 33.9 Å². The minimum absolute atomic E-state index is 0.0718. The van der Waals surface area contributed by atoms with Crippen LogP contribution in [0.1, 0.15) is 49.9 Å². The molecule has 0 aromatic heterocycles. The van der Waals surface area contributed by atoms with Crippen LogP contribution < -0.4 is 10.6 Å². The molecule has 2 rings (SSSR count). The number of benzene rings is 1. The Bertz CT molecular complexity index is 668. The monoisotopic (exact) mass is 335 g/mol. The normalized spacial score (nSPS) is 14.1. The van der Waals surface area contributed by atoms with Crippen LogP contribution in [0, 0.1) is 10.1 Å². The van der Waals surface area contributed by atoms with Gasteiger partial charge < -0.3 is 15.7 Å². The summed E-state index contributed by atoms with van der Waals surface area (Å²) in [4.78, 5) is 33.7. The number of nitro benzene ring substituents is 1. The Morgan fingerprint density at radius 2 is 2.04 bits per heavy atom. The van der Waals surface area contributed by atoms with Gasteiger partial charge >= 0.3 is 5.97 Å². The predicted molar refractivity (Wildman–Crippen MR) is 88.2 cm³/mol. The Labute approximate surface area is 139 Å². The fraction of sp³-hybridized carbons (Fsp3) is 0.500. The summed E-state index contributed by atoms with van der Waals surface area (Å²) >= 11 is 0. The number of rotatable bonds is 8. The molecule has 24 heavy (non-hydrogen) atoms. The summed E-state index contributed by atoms with van der Waals surface area (Å²) in [7, 11) is 0. The molecular formula is C16H21N3O5. The summed E-state index contributed by atoms with van der Waals surface area (Å²) in [6, 6.07) is 4.57. The number of aliphatic carboxylic acids is 1. The van der Waals surface area contributed by atoms with Gasteiger partial charge in [-0.1, -0.05) is 0 Å². The molecule has 0 atom stereocenters. The first-order chi connectivity index (χ1) is 11.2. The van der Waals surface area contributed by atoms with Crippen LogP contribution in [0.4, 0.5) is 11.4 Å². The number of nitrogens with zero attached hydrogens (tertiary/aromatic N) is 1. The highest BCUT2D eigenvalue weighted by molar-refractivity contribution is 5.96. The molecular weight excluding hydrogens is 314 g/mol. The Kier molecular flexibility index (Phi) is 5.06. The van der Waals surface area contributed by atoms with E-state index in [1.54, 1.807) is 13.8 Å². The quantitative estimate of drug-likeness (QED) is 0.496. The van der Waals surface area contributed by atoms with Crippen molar-refractivity contribution in [2.45, 2.75) is 51.1 Å². The first-order valence-corrected chi connectivity index (χ1v) is 7.77. The van der Waals surface area contributed by atoms with Crippen LogP contribution in [0.5, 0.6) is 0 Å². The summed E-state index contributed by atoms with van der Waals surface area (Å²) in [6.45, 7) is 3.43. The number of anilines is 1. The first kappa shape index (κ1) is 17.7. The molecule has 0 spiro atoms. The van der Waals surface area contributed by atoms with Crippen LogP contribution >= 0.6 is 0 Å². The zero-order valence-electron chi connectivity index (χ0n) is 13.7. The average Bonchev–Trinajstić information content (AvgIpc) is 3.29. The fourth-order valence-electron chi connectivity index (χ4n) is 2.26. The third-order valence-corrected chi connectivity index (χ3v) is 3.81. The van der Waals surface area contributed by atoms with Crippen molar-refractivity contribution in [2.24, 2.45) is 0 Å². The molecule has 1 aliphatic carbocycles. The Morgan fingerprint density at radius 1 is 1.38 bits per heavy atom. The van der Waals surface area contributed by atoms with Crippen molar-refractivity contribution in [1.29, 1.82) is 0 Å². The number of nitro groups is 1. The number of hydrogen-bond acceptors (Lipinski definition) is 5. The second-order valence-corrected chi connectivity index (χ2v) is 6.64. The van der Waals surface area contributed by atoms with E-state index in [1.165, 1.54) is 18.2 Å². The Balaban J connectivity index is 2.12. The molecule has 0 unspecified atom stereocenters. The molecule has 0 aliphatic heterocycles. The lowest BCUT2D eigenvalue weighted by Gasteiger charge is -2.25. The van der Waals surface area contributed by atoms with E-state index in [4.69, 9.17) is 5.11 Å². The van der Waals surface area contributed by atoms with Gasteiger partial charge in [-0.05, 0) is 45.2 Å². The minimum atomic E-state index is -0.941. The average molecular weight is 335 g/mol. The first-order valence-electron chi connectivity index (χ1n) is 7.77. The highest BCUT2D eigenvalue weighted by Crippen LogP contribution is 2.31. The molecule has 1 fully saturated rings. The van der Waals surface area contributed by atoms with Crippen molar-refractivity contribution >= 4 is 23.3 Å². The van der Waals surface area contributed by atoms with E-state index in [0.29, 0.717) is 5.69 Å². The van der Waals surface area contributed by atoms with Crippen LogP contribution in [-0.2, 0) is 4.79 Å². The molecule has 0 heterocycles. The third-order valence-electron chi connectivity index (χ3n) is 3.81. The minimum Gasteiger partial charge on any atom is -0.481 e. The van der Waals surface area contributed by atoms with Crippen molar-refractivity contribution < 1.29 is 19.6 Å². The zero-order chi connectivity index (χ0) is 17.9. The SMILES string of the molecule is CC(C)(CCC(=O)O)NC(=O)c1ccc(NC2CC2)c([N+](=O)[O-])c1. The van der Waals surface area contributed by atoms with E-state index in [1.807, 2.05) is 0 Å². The fourth-order valence-corrected chi connectivity index (χ4v) is 2.26. The molecule has 130 valence electrons. The van der Waals surface area contributed by atoms with Crippen molar-refractivity contribution in [2.75, 3.05) is 5.32 Å². The molecule has 1 aromatic carbocycles. The molecule has 8 nitrogen and oxygen atoms in total. The van der Waals surface area contributed by atoms with Gasteiger partial charge in [0.05, 0.1) is 4.92 Å². The van der Waals surface area contributed by atoms with Crippen LogP contribution in [0.25, 0.3) is 0 Å². The smallest absolute Gasteiger partial charge is 0.303 e. The number of carbonyl (C=O) groups excluding carboxylic acids is 1. The lowest BCUT2D eigenvalue weighted by molar-refractivity contribution is -0.384. The number of amides is 1. The highest BCUT2D eigenvalue weighted by Gasteiger charge is 2.27.